The molecule has 0 saturated heterocycles. The average Bonchev–Trinajstić information content (AvgIpc) is 2.56. The molecule has 5 nitrogen and oxygen atoms in total. The van der Waals surface area contributed by atoms with Gasteiger partial charge in [-0.15, -0.1) is 5.75 Å². The Bertz CT molecular complexity index is 791. The summed E-state index contributed by atoms with van der Waals surface area (Å²) in [6, 6.07) is 10.9. The molecule has 0 fully saturated rings. The Balaban J connectivity index is 0.00000338. The smallest absolute Gasteiger partial charge is 0.872 e. The predicted molar refractivity (Wildman–Crippen MR) is 94.7 cm³/mol. The topological polar surface area (TPSA) is 86.7 Å². The molecule has 0 atom stereocenters. The summed E-state index contributed by atoms with van der Waals surface area (Å²) in [5.74, 6) is 0.0516. The third-order valence-corrected chi connectivity index (χ3v) is 4.83. The van der Waals surface area contributed by atoms with Crippen LogP contribution < -0.4 is 61.2 Å². The zero-order valence-electron chi connectivity index (χ0n) is 15.3. The largest absolute Gasteiger partial charge is 1.00 e. The standard InChI is InChI=1S/C19H24O5S.K/c1-2-3-4-5-9-12-16-17(20)13-14-18(25(21,22)23)19(16)24-15-10-7-6-8-11-15;/h6-8,10-11,13-14,20H,2-5,9,12H2,1H3,(H,21,22,23);/q;+1/p-1. The van der Waals surface area contributed by atoms with Gasteiger partial charge < -0.3 is 9.84 Å². The fraction of sp³-hybridized carbons (Fsp3) is 0.368. The Labute approximate surface area is 198 Å². The molecule has 7 heteroatoms. The molecule has 1 N–H and O–H groups in total. The van der Waals surface area contributed by atoms with Gasteiger partial charge >= 0.3 is 51.4 Å². The molecule has 0 heterocycles. The molecule has 0 aliphatic carbocycles. The number of hydrogen-bond acceptors (Lipinski definition) is 4. The molecule has 0 aromatic heterocycles. The summed E-state index contributed by atoms with van der Waals surface area (Å²) in [5.41, 5.74) is 0.287. The molecule has 0 aliphatic rings. The van der Waals surface area contributed by atoms with Crippen molar-refractivity contribution in [3.8, 4) is 17.2 Å². The molecule has 0 amide bonds. The first-order valence-corrected chi connectivity index (χ1v) is 9.90. The van der Waals surface area contributed by atoms with Gasteiger partial charge in [0.25, 0.3) is 10.1 Å². The molecule has 0 radical (unpaired) electrons. The number of benzene rings is 2. The average molecular weight is 403 g/mol. The van der Waals surface area contributed by atoms with E-state index in [1.807, 2.05) is 0 Å². The van der Waals surface area contributed by atoms with Crippen molar-refractivity contribution in [1.82, 2.24) is 0 Å². The molecule has 0 bridgehead atoms. The van der Waals surface area contributed by atoms with Gasteiger partial charge in [0.2, 0.25) is 0 Å². The van der Waals surface area contributed by atoms with Crippen molar-refractivity contribution < 1.29 is 74.2 Å². The zero-order chi connectivity index (χ0) is 18.3. The number of para-hydroxylation sites is 1. The van der Waals surface area contributed by atoms with Gasteiger partial charge in [-0.1, -0.05) is 56.9 Å². The number of unbranched alkanes of at least 4 members (excludes halogenated alkanes) is 4. The quantitative estimate of drug-likeness (QED) is 0.388. The van der Waals surface area contributed by atoms with Gasteiger partial charge in [-0.25, -0.2) is 0 Å². The van der Waals surface area contributed by atoms with Gasteiger partial charge in [-0.3, -0.25) is 4.55 Å². The van der Waals surface area contributed by atoms with E-state index in [-0.39, 0.29) is 73.3 Å². The molecule has 0 spiro atoms. The Hall–Kier alpha value is -0.414. The molecular weight excluding hydrogens is 379 g/mol. The van der Waals surface area contributed by atoms with E-state index >= 15 is 0 Å². The Kier molecular flexibility index (Phi) is 10.4. The van der Waals surface area contributed by atoms with E-state index < -0.39 is 10.1 Å². The molecule has 136 valence electrons. The van der Waals surface area contributed by atoms with Crippen LogP contribution in [0, 0.1) is 0 Å². The normalized spacial score (nSPS) is 11.0. The van der Waals surface area contributed by atoms with Gasteiger partial charge in [-0.05, 0) is 36.6 Å². The number of rotatable bonds is 9. The molecule has 2 aromatic rings. The summed E-state index contributed by atoms with van der Waals surface area (Å²) in [6.45, 7) is 2.12. The van der Waals surface area contributed by atoms with E-state index in [9.17, 15) is 18.1 Å². The van der Waals surface area contributed by atoms with Gasteiger partial charge in [0.15, 0.2) is 5.75 Å². The summed E-state index contributed by atoms with van der Waals surface area (Å²) in [5, 5.41) is 12.3. The second-order valence-corrected chi connectivity index (χ2v) is 7.31. The van der Waals surface area contributed by atoms with Crippen molar-refractivity contribution in [2.24, 2.45) is 0 Å². The van der Waals surface area contributed by atoms with Gasteiger partial charge in [0, 0.05) is 0 Å². The minimum atomic E-state index is -4.50. The minimum Gasteiger partial charge on any atom is -0.872 e. The Morgan fingerprint density at radius 2 is 1.65 bits per heavy atom. The van der Waals surface area contributed by atoms with Crippen LogP contribution in [-0.4, -0.2) is 13.0 Å². The maximum Gasteiger partial charge on any atom is 1.00 e. The molecule has 2 aromatic carbocycles. The van der Waals surface area contributed by atoms with Crippen LogP contribution in [0.4, 0.5) is 0 Å². The first kappa shape index (κ1) is 23.6. The van der Waals surface area contributed by atoms with Crippen molar-refractivity contribution in [3.63, 3.8) is 0 Å². The Morgan fingerprint density at radius 3 is 2.27 bits per heavy atom. The van der Waals surface area contributed by atoms with Crippen LogP contribution in [0.2, 0.25) is 0 Å². The molecule has 26 heavy (non-hydrogen) atoms. The molecular formula is C19H23KO5S. The van der Waals surface area contributed by atoms with E-state index in [1.165, 1.54) is 6.07 Å². The summed E-state index contributed by atoms with van der Waals surface area (Å²) in [6.07, 6.45) is 5.44. The van der Waals surface area contributed by atoms with Crippen LogP contribution in [0.25, 0.3) is 0 Å². The third kappa shape index (κ3) is 6.96. The van der Waals surface area contributed by atoms with Crippen LogP contribution >= 0.6 is 0 Å². The van der Waals surface area contributed by atoms with Crippen LogP contribution in [0.3, 0.4) is 0 Å². The zero-order valence-corrected chi connectivity index (χ0v) is 19.2. The maximum absolute atomic E-state index is 12.3. The monoisotopic (exact) mass is 402 g/mol. The van der Waals surface area contributed by atoms with E-state index in [2.05, 4.69) is 6.92 Å². The van der Waals surface area contributed by atoms with Crippen molar-refractivity contribution in [2.45, 2.75) is 50.3 Å². The second-order valence-electron chi connectivity index (χ2n) is 5.92. The van der Waals surface area contributed by atoms with E-state index in [4.69, 9.17) is 4.74 Å². The Morgan fingerprint density at radius 1 is 1.00 bits per heavy atom. The minimum absolute atomic E-state index is 0. The van der Waals surface area contributed by atoms with Crippen molar-refractivity contribution >= 4 is 10.1 Å². The van der Waals surface area contributed by atoms with Crippen LogP contribution in [0.15, 0.2) is 47.4 Å². The molecule has 2 rings (SSSR count). The summed E-state index contributed by atoms with van der Waals surface area (Å²) < 4.78 is 38.6. The van der Waals surface area contributed by atoms with E-state index in [1.54, 1.807) is 30.3 Å². The van der Waals surface area contributed by atoms with Crippen molar-refractivity contribution in [3.05, 3.63) is 48.0 Å². The molecule has 0 saturated carbocycles. The molecule has 0 aliphatic heterocycles. The van der Waals surface area contributed by atoms with Gasteiger partial charge in [0.05, 0.1) is 0 Å². The van der Waals surface area contributed by atoms with E-state index in [0.717, 1.165) is 38.2 Å². The van der Waals surface area contributed by atoms with Crippen LogP contribution in [0.1, 0.15) is 44.6 Å². The van der Waals surface area contributed by atoms with Gasteiger partial charge in [-0.2, -0.15) is 8.42 Å². The summed E-state index contributed by atoms with van der Waals surface area (Å²) >= 11 is 0. The van der Waals surface area contributed by atoms with Gasteiger partial charge in [0.1, 0.15) is 10.6 Å². The summed E-state index contributed by atoms with van der Waals surface area (Å²) in [7, 11) is -4.50. The fourth-order valence-electron chi connectivity index (χ4n) is 2.65. The van der Waals surface area contributed by atoms with Crippen molar-refractivity contribution in [2.75, 3.05) is 0 Å². The third-order valence-electron chi connectivity index (χ3n) is 3.95. The number of ether oxygens (including phenoxy) is 1. The first-order valence-electron chi connectivity index (χ1n) is 8.46. The van der Waals surface area contributed by atoms with Crippen LogP contribution in [0.5, 0.6) is 17.2 Å². The van der Waals surface area contributed by atoms with Crippen LogP contribution in [-0.2, 0) is 16.5 Å². The molecule has 0 unspecified atom stereocenters. The number of hydrogen-bond donors (Lipinski definition) is 1. The maximum atomic E-state index is 12.3. The summed E-state index contributed by atoms with van der Waals surface area (Å²) in [4.78, 5) is -0.375. The predicted octanol–water partition coefficient (Wildman–Crippen LogP) is 1.32. The second kappa shape index (κ2) is 11.4. The first-order chi connectivity index (χ1) is 11.9. The fourth-order valence-corrected chi connectivity index (χ4v) is 3.29. The van der Waals surface area contributed by atoms with Crippen molar-refractivity contribution in [1.29, 1.82) is 0 Å². The SMILES string of the molecule is CCCCCCCc1c([O-])ccc(S(=O)(=O)O)c1Oc1ccccc1.[K+]. The van der Waals surface area contributed by atoms with E-state index in [0.29, 0.717) is 12.2 Å².